The molecule has 28 heavy (non-hydrogen) atoms. The molecule has 2 aliphatic heterocycles. The summed E-state index contributed by atoms with van der Waals surface area (Å²) in [4.78, 5) is 26.1. The quantitative estimate of drug-likeness (QED) is 0.782. The minimum absolute atomic E-state index is 0.0237. The highest BCUT2D eigenvalue weighted by molar-refractivity contribution is 5.79. The highest BCUT2D eigenvalue weighted by Crippen LogP contribution is 2.28. The van der Waals surface area contributed by atoms with E-state index < -0.39 is 12.0 Å². The van der Waals surface area contributed by atoms with Gasteiger partial charge in [-0.15, -0.1) is 0 Å². The fraction of sp³-hybridized carbons (Fsp3) is 0.737. The third kappa shape index (κ3) is 4.56. The first-order valence-corrected chi connectivity index (χ1v) is 9.85. The van der Waals surface area contributed by atoms with Crippen molar-refractivity contribution < 1.29 is 18.0 Å². The molecule has 156 valence electrons. The Hall–Kier alpha value is -1.90. The van der Waals surface area contributed by atoms with Gasteiger partial charge in [0.25, 0.3) is 0 Å². The lowest BCUT2D eigenvalue weighted by molar-refractivity contribution is -0.145. The van der Waals surface area contributed by atoms with E-state index in [-0.39, 0.29) is 11.8 Å². The van der Waals surface area contributed by atoms with Crippen LogP contribution in [0.3, 0.4) is 0 Å². The van der Waals surface area contributed by atoms with Gasteiger partial charge < -0.3 is 9.80 Å². The summed E-state index contributed by atoms with van der Waals surface area (Å²) < 4.78 is 37.8. The van der Waals surface area contributed by atoms with E-state index in [9.17, 15) is 18.0 Å². The molecule has 0 aromatic carbocycles. The standard InChI is InChI=1S/C19H28F3N5O/c1-13(2)27-9-8-26(12-14(27)3)17(28)15-4-6-25(7-5-15)16-10-23-18(24-11-16)19(20,21)22/h10-11,13-15H,4-9,12H2,1-3H3. The molecular weight excluding hydrogens is 371 g/mol. The molecule has 1 atom stereocenters. The van der Waals surface area contributed by atoms with Crippen molar-refractivity contribution in [2.45, 2.75) is 51.9 Å². The van der Waals surface area contributed by atoms with Crippen molar-refractivity contribution in [2.75, 3.05) is 37.6 Å². The van der Waals surface area contributed by atoms with Gasteiger partial charge >= 0.3 is 6.18 Å². The maximum absolute atomic E-state index is 12.9. The van der Waals surface area contributed by atoms with E-state index in [1.165, 1.54) is 12.4 Å². The van der Waals surface area contributed by atoms with E-state index in [0.29, 0.717) is 43.7 Å². The molecule has 0 saturated carbocycles. The van der Waals surface area contributed by atoms with Crippen molar-refractivity contribution in [3.8, 4) is 0 Å². The molecule has 2 saturated heterocycles. The summed E-state index contributed by atoms with van der Waals surface area (Å²) in [5.74, 6) is -0.945. The fourth-order valence-corrected chi connectivity index (χ4v) is 4.21. The number of hydrogen-bond donors (Lipinski definition) is 0. The van der Waals surface area contributed by atoms with Gasteiger partial charge in [0.1, 0.15) is 0 Å². The Morgan fingerprint density at radius 2 is 1.71 bits per heavy atom. The highest BCUT2D eigenvalue weighted by Gasteiger charge is 2.35. The van der Waals surface area contributed by atoms with Crippen LogP contribution in [0.2, 0.25) is 0 Å². The minimum Gasteiger partial charge on any atom is -0.369 e. The van der Waals surface area contributed by atoms with Crippen LogP contribution in [0.5, 0.6) is 0 Å². The van der Waals surface area contributed by atoms with Crippen LogP contribution in [0.15, 0.2) is 12.4 Å². The molecule has 3 rings (SSSR count). The molecule has 1 unspecified atom stereocenters. The largest absolute Gasteiger partial charge is 0.451 e. The lowest BCUT2D eigenvalue weighted by Gasteiger charge is -2.43. The van der Waals surface area contributed by atoms with Gasteiger partial charge in [-0.3, -0.25) is 9.69 Å². The molecule has 2 fully saturated rings. The summed E-state index contributed by atoms with van der Waals surface area (Å²) in [5, 5.41) is 0. The molecule has 1 aromatic heterocycles. The number of nitrogens with zero attached hydrogens (tertiary/aromatic N) is 5. The van der Waals surface area contributed by atoms with Crippen LogP contribution in [-0.2, 0) is 11.0 Å². The first-order chi connectivity index (χ1) is 13.2. The number of piperidine rings is 1. The zero-order chi connectivity index (χ0) is 20.5. The molecule has 0 aliphatic carbocycles. The first-order valence-electron chi connectivity index (χ1n) is 9.85. The predicted octanol–water partition coefficient (Wildman–Crippen LogP) is 2.65. The van der Waals surface area contributed by atoms with Crippen molar-refractivity contribution in [3.63, 3.8) is 0 Å². The van der Waals surface area contributed by atoms with Gasteiger partial charge in [0.2, 0.25) is 11.7 Å². The number of hydrogen-bond acceptors (Lipinski definition) is 5. The minimum atomic E-state index is -4.53. The van der Waals surface area contributed by atoms with Gasteiger partial charge in [0.15, 0.2) is 0 Å². The van der Waals surface area contributed by atoms with Crippen LogP contribution >= 0.6 is 0 Å². The van der Waals surface area contributed by atoms with Gasteiger partial charge in [-0.1, -0.05) is 0 Å². The fourth-order valence-electron chi connectivity index (χ4n) is 4.21. The summed E-state index contributed by atoms with van der Waals surface area (Å²) in [7, 11) is 0. The molecule has 9 heteroatoms. The van der Waals surface area contributed by atoms with Crippen molar-refractivity contribution in [1.29, 1.82) is 0 Å². The number of rotatable bonds is 3. The number of halogens is 3. The van der Waals surface area contributed by atoms with Gasteiger partial charge in [-0.2, -0.15) is 13.2 Å². The second-order valence-corrected chi connectivity index (χ2v) is 7.99. The van der Waals surface area contributed by atoms with E-state index in [4.69, 9.17) is 0 Å². The number of piperazine rings is 1. The topological polar surface area (TPSA) is 52.6 Å². The molecule has 0 radical (unpaired) electrons. The van der Waals surface area contributed by atoms with Crippen LogP contribution in [0.4, 0.5) is 18.9 Å². The maximum Gasteiger partial charge on any atom is 0.451 e. The van der Waals surface area contributed by atoms with Crippen molar-refractivity contribution in [3.05, 3.63) is 18.2 Å². The monoisotopic (exact) mass is 399 g/mol. The van der Waals surface area contributed by atoms with E-state index in [1.807, 2.05) is 9.80 Å². The third-order valence-electron chi connectivity index (χ3n) is 5.75. The summed E-state index contributed by atoms with van der Waals surface area (Å²) >= 11 is 0. The van der Waals surface area contributed by atoms with Gasteiger partial charge in [-0.05, 0) is 33.6 Å². The zero-order valence-corrected chi connectivity index (χ0v) is 16.6. The van der Waals surface area contributed by atoms with Crippen LogP contribution in [0.25, 0.3) is 0 Å². The van der Waals surface area contributed by atoms with Gasteiger partial charge in [-0.25, -0.2) is 9.97 Å². The number of alkyl halides is 3. The molecule has 1 amide bonds. The molecular formula is C19H28F3N5O. The van der Waals surface area contributed by atoms with Crippen molar-refractivity contribution >= 4 is 11.6 Å². The average molecular weight is 399 g/mol. The molecule has 2 aliphatic rings. The second-order valence-electron chi connectivity index (χ2n) is 7.99. The molecule has 1 aromatic rings. The third-order valence-corrected chi connectivity index (χ3v) is 5.75. The Kier molecular flexibility index (Phi) is 6.12. The summed E-state index contributed by atoms with van der Waals surface area (Å²) in [5.41, 5.74) is 0.568. The van der Waals surface area contributed by atoms with Gasteiger partial charge in [0.05, 0.1) is 18.1 Å². The van der Waals surface area contributed by atoms with Crippen LogP contribution in [0.1, 0.15) is 39.4 Å². The number of carbonyl (C=O) groups is 1. The Morgan fingerprint density at radius 1 is 1.11 bits per heavy atom. The lowest BCUT2D eigenvalue weighted by atomic mass is 9.94. The van der Waals surface area contributed by atoms with E-state index >= 15 is 0 Å². The first kappa shape index (κ1) is 20.8. The Labute approximate surface area is 163 Å². The van der Waals surface area contributed by atoms with Crippen molar-refractivity contribution in [1.82, 2.24) is 19.8 Å². The maximum atomic E-state index is 12.9. The number of carbonyl (C=O) groups excluding carboxylic acids is 1. The molecule has 3 heterocycles. The molecule has 6 nitrogen and oxygen atoms in total. The Bertz CT molecular complexity index is 671. The Morgan fingerprint density at radius 3 is 2.21 bits per heavy atom. The molecule has 0 bridgehead atoms. The smallest absolute Gasteiger partial charge is 0.369 e. The molecule has 0 spiro atoms. The average Bonchev–Trinajstić information content (AvgIpc) is 2.66. The van der Waals surface area contributed by atoms with E-state index in [2.05, 4.69) is 35.6 Å². The summed E-state index contributed by atoms with van der Waals surface area (Å²) in [6.07, 6.45) is -0.721. The van der Waals surface area contributed by atoms with Crippen molar-refractivity contribution in [2.24, 2.45) is 5.92 Å². The highest BCUT2D eigenvalue weighted by atomic mass is 19.4. The van der Waals surface area contributed by atoms with Crippen LogP contribution in [0, 0.1) is 5.92 Å². The zero-order valence-electron chi connectivity index (χ0n) is 16.6. The summed E-state index contributed by atoms with van der Waals surface area (Å²) in [6.45, 7) is 10.2. The normalized spacial score (nSPS) is 22.8. The second kappa shape index (κ2) is 8.23. The SMILES string of the molecule is CC(C)N1CCN(C(=O)C2CCN(c3cnc(C(F)(F)F)nc3)CC2)CC1C. The van der Waals surface area contributed by atoms with Crippen LogP contribution < -0.4 is 4.90 Å². The summed E-state index contributed by atoms with van der Waals surface area (Å²) in [6, 6.07) is 0.823. The number of aromatic nitrogens is 2. The van der Waals surface area contributed by atoms with Crippen LogP contribution in [-0.4, -0.2) is 70.5 Å². The number of anilines is 1. The lowest BCUT2D eigenvalue weighted by Crippen LogP contribution is -2.57. The number of amides is 1. The van der Waals surface area contributed by atoms with E-state index in [0.717, 1.165) is 19.6 Å². The van der Waals surface area contributed by atoms with E-state index in [1.54, 1.807) is 0 Å². The Balaban J connectivity index is 1.53. The predicted molar refractivity (Wildman–Crippen MR) is 99.9 cm³/mol. The van der Waals surface area contributed by atoms with Gasteiger partial charge in [0, 0.05) is 50.7 Å². The molecule has 0 N–H and O–H groups in total.